The number of hydrogen-bond acceptors (Lipinski definition) is 3. The van der Waals surface area contributed by atoms with E-state index in [2.05, 4.69) is 12.2 Å². The second kappa shape index (κ2) is 5.84. The molecule has 1 heterocycles. The Morgan fingerprint density at radius 3 is 3.08 bits per heavy atom. The predicted octanol–water partition coefficient (Wildman–Crippen LogP) is 1.24. The summed E-state index contributed by atoms with van der Waals surface area (Å²) in [7, 11) is 0. The minimum absolute atomic E-state index is 0.300. The molecule has 0 spiro atoms. The fourth-order valence-electron chi connectivity index (χ4n) is 1.55. The summed E-state index contributed by atoms with van der Waals surface area (Å²) in [5, 5.41) is 12.3. The number of aliphatic hydroxyl groups excluding tert-OH is 1. The Bertz CT molecular complexity index is 115. The molecule has 1 fully saturated rings. The first-order valence-electron chi connectivity index (χ1n) is 4.77. The van der Waals surface area contributed by atoms with Crippen LogP contribution in [-0.2, 0) is 0 Å². The van der Waals surface area contributed by atoms with Gasteiger partial charge in [-0.1, -0.05) is 0 Å². The number of hydrogen-bond donors (Lipinski definition) is 2. The van der Waals surface area contributed by atoms with Crippen LogP contribution in [0, 0.1) is 0 Å². The van der Waals surface area contributed by atoms with E-state index in [1.807, 2.05) is 11.8 Å². The zero-order chi connectivity index (χ0) is 8.81. The lowest BCUT2D eigenvalue weighted by Crippen LogP contribution is -2.40. The Labute approximate surface area is 79.1 Å². The molecular formula is C9H19NOS. The smallest absolute Gasteiger partial charge is 0.0445 e. The van der Waals surface area contributed by atoms with E-state index >= 15 is 0 Å². The highest BCUT2D eigenvalue weighted by molar-refractivity contribution is 7.99. The lowest BCUT2D eigenvalue weighted by Gasteiger charge is -2.25. The predicted molar refractivity (Wildman–Crippen MR) is 54.6 cm³/mol. The molecule has 1 saturated heterocycles. The van der Waals surface area contributed by atoms with E-state index in [9.17, 15) is 0 Å². The fraction of sp³-hybridized carbons (Fsp3) is 1.00. The van der Waals surface area contributed by atoms with Crippen LogP contribution in [0.5, 0.6) is 0 Å². The molecule has 0 radical (unpaired) electrons. The summed E-state index contributed by atoms with van der Waals surface area (Å²) >= 11 is 2.04. The molecule has 0 aliphatic carbocycles. The Morgan fingerprint density at radius 2 is 2.50 bits per heavy atom. The van der Waals surface area contributed by atoms with Crippen molar-refractivity contribution in [3.05, 3.63) is 0 Å². The van der Waals surface area contributed by atoms with Crippen molar-refractivity contribution in [1.29, 1.82) is 0 Å². The molecule has 0 amide bonds. The Kier molecular flexibility index (Phi) is 5.04. The maximum Gasteiger partial charge on any atom is 0.0445 e. The van der Waals surface area contributed by atoms with Crippen molar-refractivity contribution in [3.63, 3.8) is 0 Å². The van der Waals surface area contributed by atoms with E-state index in [4.69, 9.17) is 5.11 Å². The minimum atomic E-state index is 0.300. The van der Waals surface area contributed by atoms with E-state index in [-0.39, 0.29) is 0 Å². The molecule has 2 N–H and O–H groups in total. The van der Waals surface area contributed by atoms with E-state index < -0.39 is 0 Å². The zero-order valence-electron chi connectivity index (χ0n) is 7.75. The highest BCUT2D eigenvalue weighted by Crippen LogP contribution is 2.17. The van der Waals surface area contributed by atoms with Crippen LogP contribution in [-0.4, -0.2) is 35.3 Å². The quantitative estimate of drug-likeness (QED) is 0.698. The summed E-state index contributed by atoms with van der Waals surface area (Å²) in [6, 6.07) is 1.16. The molecule has 0 bridgehead atoms. The first-order chi connectivity index (χ1) is 5.83. The molecule has 0 aromatic heterocycles. The molecule has 1 rings (SSSR count). The Morgan fingerprint density at radius 1 is 1.67 bits per heavy atom. The summed E-state index contributed by atoms with van der Waals surface area (Å²) < 4.78 is 0. The van der Waals surface area contributed by atoms with Crippen LogP contribution in [0.15, 0.2) is 0 Å². The number of rotatable bonds is 4. The molecule has 1 aliphatic rings. The Hall–Kier alpha value is 0.270. The molecule has 72 valence electrons. The summed E-state index contributed by atoms with van der Waals surface area (Å²) in [6.07, 6.45) is 3.53. The lowest BCUT2D eigenvalue weighted by molar-refractivity contribution is 0.263. The van der Waals surface area contributed by atoms with Crippen LogP contribution in [0.2, 0.25) is 0 Å². The third-order valence-electron chi connectivity index (χ3n) is 2.24. The van der Waals surface area contributed by atoms with Gasteiger partial charge in [-0.2, -0.15) is 11.8 Å². The first-order valence-corrected chi connectivity index (χ1v) is 5.93. The van der Waals surface area contributed by atoms with Crippen molar-refractivity contribution >= 4 is 11.8 Å². The van der Waals surface area contributed by atoms with Gasteiger partial charge in [0.25, 0.3) is 0 Å². The molecule has 0 saturated carbocycles. The highest BCUT2D eigenvalue weighted by Gasteiger charge is 2.14. The normalized spacial score (nSPS) is 27.0. The van der Waals surface area contributed by atoms with Crippen molar-refractivity contribution in [2.24, 2.45) is 0 Å². The third kappa shape index (κ3) is 3.78. The largest absolute Gasteiger partial charge is 0.396 e. The summed E-state index contributed by atoms with van der Waals surface area (Å²) in [6.45, 7) is 2.45. The fourth-order valence-corrected chi connectivity index (χ4v) is 2.64. The molecule has 1 unspecified atom stereocenters. The summed E-state index contributed by atoms with van der Waals surface area (Å²) in [4.78, 5) is 0. The molecule has 0 aromatic carbocycles. The van der Waals surface area contributed by atoms with Crippen LogP contribution in [0.25, 0.3) is 0 Å². The van der Waals surface area contributed by atoms with Crippen molar-refractivity contribution < 1.29 is 5.11 Å². The number of aliphatic hydroxyl groups is 1. The van der Waals surface area contributed by atoms with Crippen molar-refractivity contribution in [3.8, 4) is 0 Å². The standard InChI is InChI=1S/C9H19NOS/c1-8(4-5-11)10-9-3-2-6-12-7-9/h8-11H,2-7H2,1H3/t8-,9?/m1/s1. The van der Waals surface area contributed by atoms with E-state index in [1.54, 1.807) is 0 Å². The summed E-state index contributed by atoms with van der Waals surface area (Å²) in [5.41, 5.74) is 0. The van der Waals surface area contributed by atoms with Gasteiger partial charge in [-0.05, 0) is 31.9 Å². The number of nitrogens with one attached hydrogen (secondary N) is 1. The van der Waals surface area contributed by atoms with Gasteiger partial charge >= 0.3 is 0 Å². The molecule has 12 heavy (non-hydrogen) atoms. The van der Waals surface area contributed by atoms with Gasteiger partial charge in [0.2, 0.25) is 0 Å². The topological polar surface area (TPSA) is 32.3 Å². The summed E-state index contributed by atoms with van der Waals surface area (Å²) in [5.74, 6) is 2.57. The van der Waals surface area contributed by atoms with E-state index in [0.717, 1.165) is 6.42 Å². The van der Waals surface area contributed by atoms with Gasteiger partial charge in [0, 0.05) is 24.4 Å². The van der Waals surface area contributed by atoms with Crippen LogP contribution in [0.3, 0.4) is 0 Å². The van der Waals surface area contributed by atoms with Gasteiger partial charge in [-0.15, -0.1) is 0 Å². The minimum Gasteiger partial charge on any atom is -0.396 e. The lowest BCUT2D eigenvalue weighted by atomic mass is 10.1. The van der Waals surface area contributed by atoms with Crippen LogP contribution >= 0.6 is 11.8 Å². The van der Waals surface area contributed by atoms with Crippen LogP contribution in [0.4, 0.5) is 0 Å². The van der Waals surface area contributed by atoms with Gasteiger partial charge in [-0.25, -0.2) is 0 Å². The van der Waals surface area contributed by atoms with Gasteiger partial charge in [0.15, 0.2) is 0 Å². The highest BCUT2D eigenvalue weighted by atomic mass is 32.2. The molecule has 2 nitrogen and oxygen atoms in total. The second-order valence-electron chi connectivity index (χ2n) is 3.49. The van der Waals surface area contributed by atoms with Crippen LogP contribution < -0.4 is 5.32 Å². The molecular weight excluding hydrogens is 170 g/mol. The number of thioether (sulfide) groups is 1. The third-order valence-corrected chi connectivity index (χ3v) is 3.46. The van der Waals surface area contributed by atoms with Gasteiger partial charge in [0.1, 0.15) is 0 Å². The van der Waals surface area contributed by atoms with E-state index in [0.29, 0.717) is 18.7 Å². The SMILES string of the molecule is C[C@H](CCO)NC1CCCSC1. The molecule has 2 atom stereocenters. The average Bonchev–Trinajstić information content (AvgIpc) is 2.06. The first kappa shape index (κ1) is 10.4. The second-order valence-corrected chi connectivity index (χ2v) is 4.64. The molecule has 0 aromatic rings. The average molecular weight is 189 g/mol. The zero-order valence-corrected chi connectivity index (χ0v) is 8.57. The van der Waals surface area contributed by atoms with Gasteiger partial charge in [0.05, 0.1) is 0 Å². The Balaban J connectivity index is 2.11. The maximum absolute atomic E-state index is 8.72. The van der Waals surface area contributed by atoms with Crippen molar-refractivity contribution in [1.82, 2.24) is 5.32 Å². The monoisotopic (exact) mass is 189 g/mol. The maximum atomic E-state index is 8.72. The molecule has 3 heteroatoms. The molecule has 1 aliphatic heterocycles. The van der Waals surface area contributed by atoms with Crippen molar-refractivity contribution in [2.75, 3.05) is 18.1 Å². The van der Waals surface area contributed by atoms with Gasteiger partial charge < -0.3 is 10.4 Å². The van der Waals surface area contributed by atoms with Crippen LogP contribution in [0.1, 0.15) is 26.2 Å². The van der Waals surface area contributed by atoms with Gasteiger partial charge in [-0.3, -0.25) is 0 Å². The van der Waals surface area contributed by atoms with Crippen molar-refractivity contribution in [2.45, 2.75) is 38.3 Å². The van der Waals surface area contributed by atoms with E-state index in [1.165, 1.54) is 24.3 Å².